The number of hydrogen-bond donors (Lipinski definition) is 2. The van der Waals surface area contributed by atoms with Gasteiger partial charge in [-0.1, -0.05) is 36.8 Å². The number of β-amino-alcohol motifs (C(OH)–C–C–N with tert-alkyl or cyclic N) is 1. The molecule has 5 heteroatoms. The first kappa shape index (κ1) is 20.8. The van der Waals surface area contributed by atoms with Crippen LogP contribution in [-0.4, -0.2) is 48.9 Å². The molecule has 0 amide bonds. The summed E-state index contributed by atoms with van der Waals surface area (Å²) in [5, 5.41) is 13.5. The van der Waals surface area contributed by atoms with E-state index >= 15 is 0 Å². The Kier molecular flexibility index (Phi) is 8.27. The number of nitrogens with one attached hydrogen (secondary N) is 1. The molecule has 0 unspecified atom stereocenters. The second kappa shape index (κ2) is 11.1. The summed E-state index contributed by atoms with van der Waals surface area (Å²) in [5.41, 5.74) is 1.89. The summed E-state index contributed by atoms with van der Waals surface area (Å²) in [4.78, 5) is 2.31. The maximum atomic E-state index is 13.6. The van der Waals surface area contributed by atoms with Crippen LogP contribution >= 0.6 is 0 Å². The number of aliphatic hydroxyl groups is 1. The fourth-order valence-electron chi connectivity index (χ4n) is 3.55. The number of hydrogen-bond acceptors (Lipinski definition) is 4. The number of ether oxygens (including phenoxy) is 1. The molecule has 152 valence electrons. The lowest BCUT2D eigenvalue weighted by molar-refractivity contribution is 0.0617. The maximum Gasteiger partial charge on any atom is 0.126 e. The fourth-order valence-corrected chi connectivity index (χ4v) is 3.55. The normalized spacial score (nSPS) is 16.1. The van der Waals surface area contributed by atoms with Crippen LogP contribution in [0, 0.1) is 5.82 Å². The van der Waals surface area contributed by atoms with Gasteiger partial charge in [0.1, 0.15) is 24.3 Å². The maximum absolute atomic E-state index is 13.6. The summed E-state index contributed by atoms with van der Waals surface area (Å²) >= 11 is 0. The van der Waals surface area contributed by atoms with Gasteiger partial charge in [0.25, 0.3) is 0 Å². The van der Waals surface area contributed by atoms with Crippen LogP contribution in [0.15, 0.2) is 48.5 Å². The Labute approximate surface area is 167 Å². The minimum atomic E-state index is -0.460. The first-order valence-electron chi connectivity index (χ1n) is 10.3. The quantitative estimate of drug-likeness (QED) is 0.615. The molecule has 3 rings (SSSR count). The van der Waals surface area contributed by atoms with E-state index in [4.69, 9.17) is 4.74 Å². The Morgan fingerprint density at radius 1 is 1.04 bits per heavy atom. The second-order valence-corrected chi connectivity index (χ2v) is 7.49. The van der Waals surface area contributed by atoms with Crippen molar-refractivity contribution in [3.05, 3.63) is 65.5 Å². The van der Waals surface area contributed by atoms with E-state index in [1.807, 2.05) is 36.4 Å². The molecule has 1 fully saturated rings. The summed E-state index contributed by atoms with van der Waals surface area (Å²) in [7, 11) is 0. The summed E-state index contributed by atoms with van der Waals surface area (Å²) < 4.78 is 19.3. The third-order valence-electron chi connectivity index (χ3n) is 5.14. The Hall–Kier alpha value is -1.95. The predicted octanol–water partition coefficient (Wildman–Crippen LogP) is 3.38. The lowest BCUT2D eigenvalue weighted by Crippen LogP contribution is -2.38. The molecule has 0 bridgehead atoms. The van der Waals surface area contributed by atoms with Gasteiger partial charge in [-0.25, -0.2) is 4.39 Å². The number of nitrogens with zero attached hydrogens (tertiary/aromatic N) is 1. The third-order valence-corrected chi connectivity index (χ3v) is 5.14. The zero-order valence-corrected chi connectivity index (χ0v) is 16.4. The molecule has 1 saturated heterocycles. The van der Waals surface area contributed by atoms with Gasteiger partial charge in [0.05, 0.1) is 0 Å². The Morgan fingerprint density at radius 2 is 1.79 bits per heavy atom. The molecule has 1 aliphatic heterocycles. The number of halogens is 1. The van der Waals surface area contributed by atoms with Crippen molar-refractivity contribution in [1.82, 2.24) is 10.2 Å². The lowest BCUT2D eigenvalue weighted by Gasteiger charge is -2.28. The van der Waals surface area contributed by atoms with Crippen molar-refractivity contribution < 1.29 is 14.2 Å². The second-order valence-electron chi connectivity index (χ2n) is 7.49. The minimum Gasteiger partial charge on any atom is -0.491 e. The van der Waals surface area contributed by atoms with Crippen molar-refractivity contribution >= 4 is 0 Å². The van der Waals surface area contributed by atoms with Crippen molar-refractivity contribution in [2.45, 2.75) is 38.3 Å². The van der Waals surface area contributed by atoms with Gasteiger partial charge in [-0.2, -0.15) is 0 Å². The van der Waals surface area contributed by atoms with Gasteiger partial charge < -0.3 is 20.1 Å². The average molecular weight is 387 g/mol. The van der Waals surface area contributed by atoms with Crippen LogP contribution in [0.4, 0.5) is 4.39 Å². The molecule has 0 aliphatic carbocycles. The van der Waals surface area contributed by atoms with Gasteiger partial charge in [0.2, 0.25) is 0 Å². The smallest absolute Gasteiger partial charge is 0.126 e. The highest BCUT2D eigenvalue weighted by atomic mass is 19.1. The molecule has 0 radical (unpaired) electrons. The summed E-state index contributed by atoms with van der Waals surface area (Å²) in [5.74, 6) is 0.626. The molecule has 4 nitrogen and oxygen atoms in total. The molecule has 1 atom stereocenters. The van der Waals surface area contributed by atoms with E-state index in [0.717, 1.165) is 43.1 Å². The van der Waals surface area contributed by atoms with Gasteiger partial charge >= 0.3 is 0 Å². The molecule has 0 spiro atoms. The third kappa shape index (κ3) is 6.89. The van der Waals surface area contributed by atoms with Gasteiger partial charge in [-0.3, -0.25) is 0 Å². The minimum absolute atomic E-state index is 0.145. The Balaban J connectivity index is 1.33. The Morgan fingerprint density at radius 3 is 2.54 bits per heavy atom. The van der Waals surface area contributed by atoms with E-state index in [1.165, 1.54) is 25.3 Å². The molecule has 1 heterocycles. The van der Waals surface area contributed by atoms with Crippen LogP contribution in [0.25, 0.3) is 0 Å². The molecular formula is C23H31FN2O2. The number of aliphatic hydroxyl groups excluding tert-OH is 1. The summed E-state index contributed by atoms with van der Waals surface area (Å²) in [6.45, 7) is 4.61. The monoisotopic (exact) mass is 386 g/mol. The molecule has 2 N–H and O–H groups in total. The molecular weight excluding hydrogens is 355 g/mol. The zero-order valence-electron chi connectivity index (χ0n) is 16.4. The van der Waals surface area contributed by atoms with E-state index in [-0.39, 0.29) is 5.82 Å². The van der Waals surface area contributed by atoms with Crippen LogP contribution in [-0.2, 0) is 13.0 Å². The van der Waals surface area contributed by atoms with Crippen LogP contribution in [0.5, 0.6) is 5.75 Å². The Bertz CT molecular complexity index is 702. The SMILES string of the molecule is O[C@@H](COc1ccc(CNCCc2ccccc2F)cc1)CN1CCCCC1. The summed E-state index contributed by atoms with van der Waals surface area (Å²) in [6, 6.07) is 14.8. The van der Waals surface area contributed by atoms with Crippen LogP contribution in [0.1, 0.15) is 30.4 Å². The first-order valence-corrected chi connectivity index (χ1v) is 10.3. The van der Waals surface area contributed by atoms with E-state index in [9.17, 15) is 9.50 Å². The van der Waals surface area contributed by atoms with Crippen LogP contribution in [0.2, 0.25) is 0 Å². The number of benzene rings is 2. The largest absolute Gasteiger partial charge is 0.491 e. The van der Waals surface area contributed by atoms with E-state index in [0.29, 0.717) is 19.6 Å². The van der Waals surface area contributed by atoms with Crippen molar-refractivity contribution in [2.75, 3.05) is 32.8 Å². The standard InChI is InChI=1S/C23H31FN2O2/c24-23-7-3-2-6-20(23)12-13-25-16-19-8-10-22(11-9-19)28-18-21(27)17-26-14-4-1-5-15-26/h2-3,6-11,21,25,27H,1,4-5,12-18H2/t21-/m1/s1. The van der Waals surface area contributed by atoms with Crippen molar-refractivity contribution in [3.63, 3.8) is 0 Å². The lowest BCUT2D eigenvalue weighted by atomic mass is 10.1. The molecule has 1 aliphatic rings. The number of rotatable bonds is 10. The highest BCUT2D eigenvalue weighted by Gasteiger charge is 2.15. The highest BCUT2D eigenvalue weighted by Crippen LogP contribution is 2.14. The van der Waals surface area contributed by atoms with Gasteiger partial charge in [-0.05, 0) is 68.2 Å². The summed E-state index contributed by atoms with van der Waals surface area (Å²) in [6.07, 6.45) is 3.96. The van der Waals surface area contributed by atoms with Crippen molar-refractivity contribution in [1.29, 1.82) is 0 Å². The van der Waals surface area contributed by atoms with E-state index < -0.39 is 6.10 Å². The van der Waals surface area contributed by atoms with Crippen LogP contribution < -0.4 is 10.1 Å². The predicted molar refractivity (Wildman–Crippen MR) is 110 cm³/mol. The van der Waals surface area contributed by atoms with Gasteiger partial charge in [-0.15, -0.1) is 0 Å². The average Bonchev–Trinajstić information content (AvgIpc) is 2.72. The molecule has 28 heavy (non-hydrogen) atoms. The van der Waals surface area contributed by atoms with Crippen LogP contribution in [0.3, 0.4) is 0 Å². The first-order chi connectivity index (χ1) is 13.7. The number of piperidine rings is 1. The zero-order chi connectivity index (χ0) is 19.6. The highest BCUT2D eigenvalue weighted by molar-refractivity contribution is 5.27. The molecule has 2 aromatic rings. The molecule has 0 saturated carbocycles. The number of likely N-dealkylation sites (tertiary alicyclic amines) is 1. The fraction of sp³-hybridized carbons (Fsp3) is 0.478. The van der Waals surface area contributed by atoms with Crippen molar-refractivity contribution in [3.8, 4) is 5.75 Å². The van der Waals surface area contributed by atoms with Gasteiger partial charge in [0.15, 0.2) is 0 Å². The van der Waals surface area contributed by atoms with E-state index in [2.05, 4.69) is 10.2 Å². The topological polar surface area (TPSA) is 44.7 Å². The van der Waals surface area contributed by atoms with E-state index in [1.54, 1.807) is 6.07 Å². The molecule has 2 aromatic carbocycles. The van der Waals surface area contributed by atoms with Crippen molar-refractivity contribution in [2.24, 2.45) is 0 Å². The van der Waals surface area contributed by atoms with Gasteiger partial charge in [0, 0.05) is 13.1 Å². The molecule has 0 aromatic heterocycles.